The van der Waals surface area contributed by atoms with E-state index in [1.165, 1.54) is 13.0 Å². The summed E-state index contributed by atoms with van der Waals surface area (Å²) in [4.78, 5) is 13.5. The van der Waals surface area contributed by atoms with Gasteiger partial charge in [0.15, 0.2) is 17.7 Å². The van der Waals surface area contributed by atoms with Crippen LogP contribution < -0.4 is 84.3 Å². The molecular formula is C17H15ClCsF3N2O2. The smallest absolute Gasteiger partial charge is 0.476 e. The average molecular weight is 505 g/mol. The minimum atomic E-state index is -0.981. The van der Waals surface area contributed by atoms with E-state index in [4.69, 9.17) is 22.1 Å². The van der Waals surface area contributed by atoms with Gasteiger partial charge in [-0.05, 0) is 30.7 Å². The van der Waals surface area contributed by atoms with Crippen molar-refractivity contribution in [2.24, 2.45) is 0 Å². The van der Waals surface area contributed by atoms with Gasteiger partial charge < -0.3 is 22.8 Å². The van der Waals surface area contributed by atoms with Crippen LogP contribution in [0.3, 0.4) is 0 Å². The van der Waals surface area contributed by atoms with Crippen molar-refractivity contribution in [1.82, 2.24) is 0 Å². The van der Waals surface area contributed by atoms with Crippen LogP contribution in [0.2, 0.25) is 5.02 Å². The van der Waals surface area contributed by atoms with E-state index < -0.39 is 29.5 Å². The Kier molecular flexibility index (Phi) is 8.40. The summed E-state index contributed by atoms with van der Waals surface area (Å²) in [5.74, 6) is -3.15. The number of fused-ring (bicyclic) bond motifs is 1. The van der Waals surface area contributed by atoms with Gasteiger partial charge in [0.1, 0.15) is 11.6 Å². The standard InChI is InChI=1S/C16H12ClF3N2O2.CH3.Cs/c1-7-16(23)22(6-8-2-9(18)4-10(19)3-8)12-5-11(17)14(21)13(20)15(12)24-7;;/h2-5,7H,6,21H2,1H3;1H3;/q;-1;+1/t7-;;/m0../s1. The summed E-state index contributed by atoms with van der Waals surface area (Å²) < 4.78 is 46.3. The van der Waals surface area contributed by atoms with E-state index in [9.17, 15) is 18.0 Å². The molecule has 0 spiro atoms. The number of nitrogens with two attached hydrogens (primary N) is 1. The maximum Gasteiger partial charge on any atom is 1.00 e. The molecule has 0 unspecified atom stereocenters. The van der Waals surface area contributed by atoms with Gasteiger partial charge in [0, 0.05) is 6.07 Å². The molecule has 0 fully saturated rings. The third-order valence-corrected chi connectivity index (χ3v) is 3.96. The largest absolute Gasteiger partial charge is 1.00 e. The fraction of sp³-hybridized carbons (Fsp3) is 0.176. The molecule has 1 amide bonds. The summed E-state index contributed by atoms with van der Waals surface area (Å²) in [5.41, 5.74) is 5.49. The first kappa shape index (κ1) is 23.7. The van der Waals surface area contributed by atoms with E-state index in [1.54, 1.807) is 0 Å². The Labute approximate surface area is 213 Å². The molecule has 1 atom stereocenters. The van der Waals surface area contributed by atoms with Crippen LogP contribution in [0.4, 0.5) is 24.5 Å². The van der Waals surface area contributed by atoms with Crippen LogP contribution in [0.5, 0.6) is 5.75 Å². The van der Waals surface area contributed by atoms with Gasteiger partial charge in [-0.3, -0.25) is 4.79 Å². The van der Waals surface area contributed by atoms with E-state index in [0.717, 1.165) is 23.1 Å². The predicted molar refractivity (Wildman–Crippen MR) is 89.9 cm³/mol. The fourth-order valence-corrected chi connectivity index (χ4v) is 2.72. The zero-order valence-corrected chi connectivity index (χ0v) is 21.5. The van der Waals surface area contributed by atoms with Crippen molar-refractivity contribution in [3.05, 3.63) is 59.7 Å². The Balaban J connectivity index is 0.00000169. The first-order chi connectivity index (χ1) is 11.3. The third kappa shape index (κ3) is 4.54. The van der Waals surface area contributed by atoms with E-state index in [-0.39, 0.29) is 111 Å². The molecule has 2 N–H and O–H groups in total. The van der Waals surface area contributed by atoms with Crippen LogP contribution in [0.1, 0.15) is 12.5 Å². The van der Waals surface area contributed by atoms with Gasteiger partial charge in [-0.2, -0.15) is 0 Å². The second-order valence-electron chi connectivity index (χ2n) is 5.40. The number of nitrogens with zero attached hydrogens (tertiary/aromatic N) is 1. The monoisotopic (exact) mass is 504 g/mol. The quantitative estimate of drug-likeness (QED) is 0.493. The molecule has 0 aromatic heterocycles. The Hall–Kier alpha value is -0.358. The molecule has 3 rings (SSSR count). The molecule has 0 saturated heterocycles. The normalized spacial score (nSPS) is 15.5. The van der Waals surface area contributed by atoms with Crippen LogP contribution in [-0.4, -0.2) is 12.0 Å². The number of ether oxygens (including phenoxy) is 1. The van der Waals surface area contributed by atoms with Gasteiger partial charge >= 0.3 is 68.9 Å². The molecule has 26 heavy (non-hydrogen) atoms. The van der Waals surface area contributed by atoms with Crippen molar-refractivity contribution in [2.75, 3.05) is 10.6 Å². The van der Waals surface area contributed by atoms with E-state index >= 15 is 0 Å². The summed E-state index contributed by atoms with van der Waals surface area (Å²) in [6.45, 7) is 1.27. The van der Waals surface area contributed by atoms with Crippen molar-refractivity contribution in [2.45, 2.75) is 19.6 Å². The second-order valence-corrected chi connectivity index (χ2v) is 5.80. The maximum atomic E-state index is 14.3. The molecular weight excluding hydrogens is 490 g/mol. The van der Waals surface area contributed by atoms with Crippen molar-refractivity contribution < 1.29 is 91.6 Å². The maximum absolute atomic E-state index is 14.3. The summed E-state index contributed by atoms with van der Waals surface area (Å²) >= 11 is 5.88. The van der Waals surface area contributed by atoms with Gasteiger partial charge in [0.05, 0.1) is 22.9 Å². The van der Waals surface area contributed by atoms with Crippen molar-refractivity contribution in [3.63, 3.8) is 0 Å². The number of carbonyl (C=O) groups excluding carboxylic acids is 1. The van der Waals surface area contributed by atoms with Crippen molar-refractivity contribution in [1.29, 1.82) is 0 Å². The molecule has 0 saturated carbocycles. The first-order valence-corrected chi connectivity index (χ1v) is 7.36. The Morgan fingerprint density at radius 3 is 2.35 bits per heavy atom. The SMILES string of the molecule is C[C@@H]1Oc2c(cc(Cl)c(N)c2F)N(Cc2cc(F)cc(F)c2)C1=O.[CH3-].[Cs+]. The fourth-order valence-electron chi connectivity index (χ4n) is 2.53. The summed E-state index contributed by atoms with van der Waals surface area (Å²) in [6.07, 6.45) is -0.981. The Morgan fingerprint density at radius 1 is 1.19 bits per heavy atom. The zero-order valence-electron chi connectivity index (χ0n) is 14.4. The molecule has 4 nitrogen and oxygen atoms in total. The molecule has 9 heteroatoms. The number of hydrogen-bond acceptors (Lipinski definition) is 3. The molecule has 0 bridgehead atoms. The topological polar surface area (TPSA) is 55.6 Å². The summed E-state index contributed by atoms with van der Waals surface area (Å²) in [7, 11) is 0. The number of nitrogen functional groups attached to an aromatic ring is 1. The summed E-state index contributed by atoms with van der Waals surface area (Å²) in [5, 5.41) is -0.0902. The van der Waals surface area contributed by atoms with Crippen molar-refractivity contribution >= 4 is 28.9 Å². The van der Waals surface area contributed by atoms with Crippen LogP contribution in [0.15, 0.2) is 24.3 Å². The van der Waals surface area contributed by atoms with Gasteiger partial charge in [-0.1, -0.05) is 11.6 Å². The number of benzene rings is 2. The van der Waals surface area contributed by atoms with Gasteiger partial charge in [0.2, 0.25) is 0 Å². The number of halogens is 4. The molecule has 134 valence electrons. The van der Waals surface area contributed by atoms with Crippen LogP contribution in [0.25, 0.3) is 0 Å². The van der Waals surface area contributed by atoms with Crippen molar-refractivity contribution in [3.8, 4) is 5.75 Å². The third-order valence-electron chi connectivity index (χ3n) is 3.65. The van der Waals surface area contributed by atoms with E-state index in [1.807, 2.05) is 0 Å². The number of anilines is 2. The molecule has 2 aromatic rings. The second kappa shape index (κ2) is 9.22. The van der Waals surface area contributed by atoms with E-state index in [0.29, 0.717) is 0 Å². The molecule has 2 aromatic carbocycles. The summed E-state index contributed by atoms with van der Waals surface area (Å²) in [6, 6.07) is 4.18. The molecule has 0 aliphatic carbocycles. The van der Waals surface area contributed by atoms with Crippen LogP contribution >= 0.6 is 11.6 Å². The van der Waals surface area contributed by atoms with Crippen LogP contribution in [-0.2, 0) is 11.3 Å². The average Bonchev–Trinajstić information content (AvgIpc) is 2.50. The number of hydrogen-bond donors (Lipinski definition) is 1. The first-order valence-electron chi connectivity index (χ1n) is 6.98. The predicted octanol–water partition coefficient (Wildman–Crippen LogP) is 1.11. The molecule has 1 aliphatic rings. The Bertz CT molecular complexity index is 831. The molecule has 1 aliphatic heterocycles. The van der Waals surface area contributed by atoms with Gasteiger partial charge in [-0.15, -0.1) is 0 Å². The van der Waals surface area contributed by atoms with E-state index in [2.05, 4.69) is 0 Å². The minimum Gasteiger partial charge on any atom is -0.476 e. The number of rotatable bonds is 2. The zero-order chi connectivity index (χ0) is 17.6. The van der Waals surface area contributed by atoms with Crippen LogP contribution in [0, 0.1) is 24.9 Å². The van der Waals surface area contributed by atoms with Gasteiger partial charge in [-0.25, -0.2) is 13.2 Å². The molecule has 0 radical (unpaired) electrons. The number of amides is 1. The minimum absolute atomic E-state index is 0. The molecule has 1 heterocycles. The van der Waals surface area contributed by atoms with Gasteiger partial charge in [0.25, 0.3) is 5.91 Å². The number of carbonyl (C=O) groups is 1. The Morgan fingerprint density at radius 2 is 1.77 bits per heavy atom.